The summed E-state index contributed by atoms with van der Waals surface area (Å²) < 4.78 is 3.38. The smallest absolute Gasteiger partial charge is 0.270 e. The van der Waals surface area contributed by atoms with Gasteiger partial charge in [-0.3, -0.25) is 19.4 Å². The Balaban J connectivity index is 1.85. The summed E-state index contributed by atoms with van der Waals surface area (Å²) in [6.07, 6.45) is 6.64. The predicted molar refractivity (Wildman–Crippen MR) is 101 cm³/mol. The van der Waals surface area contributed by atoms with E-state index in [2.05, 4.69) is 26.5 Å². The van der Waals surface area contributed by atoms with E-state index in [0.29, 0.717) is 23.0 Å². The van der Waals surface area contributed by atoms with Gasteiger partial charge < -0.3 is 5.32 Å². The van der Waals surface area contributed by atoms with Crippen molar-refractivity contribution in [3.63, 3.8) is 0 Å². The molecule has 10 nitrogen and oxygen atoms in total. The monoisotopic (exact) mass is 374 g/mol. The Morgan fingerprint density at radius 3 is 2.79 bits per heavy atom. The quantitative estimate of drug-likeness (QED) is 0.429. The first-order valence-electron chi connectivity index (χ1n) is 8.25. The summed E-state index contributed by atoms with van der Waals surface area (Å²) >= 11 is 0. The van der Waals surface area contributed by atoms with Crippen molar-refractivity contribution < 1.29 is 4.92 Å². The molecule has 0 aliphatic heterocycles. The van der Waals surface area contributed by atoms with E-state index in [1.54, 1.807) is 41.0 Å². The number of hydrogen-bond donors (Lipinski definition) is 1. The molecule has 1 N–H and O–H groups in total. The zero-order valence-electron chi connectivity index (χ0n) is 15.0. The summed E-state index contributed by atoms with van der Waals surface area (Å²) in [4.78, 5) is 19.3. The third kappa shape index (κ3) is 2.90. The lowest BCUT2D eigenvalue weighted by molar-refractivity contribution is -0.384. The average molecular weight is 374 g/mol. The molecule has 0 radical (unpaired) electrons. The van der Waals surface area contributed by atoms with Crippen molar-refractivity contribution >= 4 is 28.2 Å². The van der Waals surface area contributed by atoms with Gasteiger partial charge in [-0.05, 0) is 18.6 Å². The molecule has 3 heterocycles. The van der Waals surface area contributed by atoms with Gasteiger partial charge in [0.2, 0.25) is 5.95 Å². The van der Waals surface area contributed by atoms with Crippen LogP contribution in [0.25, 0.3) is 16.7 Å². The van der Waals surface area contributed by atoms with Gasteiger partial charge in [-0.25, -0.2) is 4.98 Å². The van der Waals surface area contributed by atoms with Crippen molar-refractivity contribution in [2.75, 3.05) is 5.32 Å². The molecular weight excluding hydrogens is 360 g/mol. The number of hydrogen-bond acceptors (Lipinski definition) is 7. The zero-order chi connectivity index (χ0) is 19.8. The van der Waals surface area contributed by atoms with E-state index in [1.165, 1.54) is 18.3 Å². The third-order valence-electron chi connectivity index (χ3n) is 4.28. The van der Waals surface area contributed by atoms with Gasteiger partial charge in [-0.15, -0.1) is 0 Å². The summed E-state index contributed by atoms with van der Waals surface area (Å²) in [5.74, 6) is 0.694. The Kier molecular flexibility index (Phi) is 3.97. The molecule has 3 aromatic heterocycles. The first-order chi connectivity index (χ1) is 13.5. The summed E-state index contributed by atoms with van der Waals surface area (Å²) in [5, 5.41) is 28.4. The van der Waals surface area contributed by atoms with Gasteiger partial charge in [0.05, 0.1) is 28.5 Å². The molecule has 0 bridgehead atoms. The number of nitrogens with zero attached hydrogens (tertiary/aromatic N) is 7. The summed E-state index contributed by atoms with van der Waals surface area (Å²) in [7, 11) is 1.80. The van der Waals surface area contributed by atoms with Crippen LogP contribution >= 0.6 is 0 Å². The number of nitro benzene ring substituents is 1. The van der Waals surface area contributed by atoms with Gasteiger partial charge >= 0.3 is 0 Å². The van der Waals surface area contributed by atoms with E-state index >= 15 is 0 Å². The van der Waals surface area contributed by atoms with Crippen molar-refractivity contribution in [3.8, 4) is 11.9 Å². The molecule has 138 valence electrons. The van der Waals surface area contributed by atoms with Crippen molar-refractivity contribution in [2.45, 2.75) is 6.92 Å². The Hall–Kier alpha value is -4.26. The fraction of sp³-hybridized carbons (Fsp3) is 0.111. The SMILES string of the molecule is Cc1cn(-c2nc(Nc3cnn(C)c3)ncc2C#N)c2ccc([N+](=O)[O-])cc12. The van der Waals surface area contributed by atoms with Gasteiger partial charge in [0.25, 0.3) is 5.69 Å². The number of non-ortho nitro benzene ring substituents is 1. The topological polar surface area (TPSA) is 127 Å². The minimum absolute atomic E-state index is 0.00970. The normalized spacial score (nSPS) is 10.8. The van der Waals surface area contributed by atoms with E-state index < -0.39 is 4.92 Å². The molecule has 1 aromatic carbocycles. The number of aromatic nitrogens is 5. The average Bonchev–Trinajstić information content (AvgIpc) is 3.24. The van der Waals surface area contributed by atoms with Crippen LogP contribution in [0.2, 0.25) is 0 Å². The lowest BCUT2D eigenvalue weighted by Gasteiger charge is -2.09. The Morgan fingerprint density at radius 1 is 1.29 bits per heavy atom. The number of benzene rings is 1. The highest BCUT2D eigenvalue weighted by Crippen LogP contribution is 2.29. The molecular formula is C18H14N8O2. The molecule has 28 heavy (non-hydrogen) atoms. The number of nitriles is 1. The second-order valence-electron chi connectivity index (χ2n) is 6.21. The maximum Gasteiger partial charge on any atom is 0.270 e. The molecule has 0 saturated carbocycles. The van der Waals surface area contributed by atoms with E-state index in [1.807, 2.05) is 6.92 Å². The first-order valence-corrected chi connectivity index (χ1v) is 8.25. The maximum atomic E-state index is 11.1. The fourth-order valence-electron chi connectivity index (χ4n) is 2.98. The fourth-order valence-corrected chi connectivity index (χ4v) is 2.98. The van der Waals surface area contributed by atoms with Crippen LogP contribution in [0.4, 0.5) is 17.3 Å². The van der Waals surface area contributed by atoms with Crippen molar-refractivity contribution in [1.29, 1.82) is 5.26 Å². The highest BCUT2D eigenvalue weighted by atomic mass is 16.6. The number of aryl methyl sites for hydroxylation is 2. The lowest BCUT2D eigenvalue weighted by atomic mass is 10.2. The van der Waals surface area contributed by atoms with E-state index in [4.69, 9.17) is 0 Å². The van der Waals surface area contributed by atoms with Crippen LogP contribution in [0.5, 0.6) is 0 Å². The molecule has 0 atom stereocenters. The second-order valence-corrected chi connectivity index (χ2v) is 6.21. The first kappa shape index (κ1) is 17.2. The van der Waals surface area contributed by atoms with Crippen LogP contribution in [0.1, 0.15) is 11.1 Å². The molecule has 0 unspecified atom stereocenters. The summed E-state index contributed by atoms with van der Waals surface area (Å²) in [6.45, 7) is 1.85. The number of nitrogens with one attached hydrogen (secondary N) is 1. The molecule has 0 aliphatic rings. The molecule has 0 saturated heterocycles. The summed E-state index contributed by atoms with van der Waals surface area (Å²) in [5.41, 5.74) is 2.55. The Labute approximate surface area is 158 Å². The molecule has 0 fully saturated rings. The van der Waals surface area contributed by atoms with Gasteiger partial charge in [-0.1, -0.05) is 0 Å². The number of nitro groups is 1. The molecule has 4 aromatic rings. The van der Waals surface area contributed by atoms with Gasteiger partial charge in [0.15, 0.2) is 5.82 Å². The van der Waals surface area contributed by atoms with Gasteiger partial charge in [-0.2, -0.15) is 15.3 Å². The minimum Gasteiger partial charge on any atom is -0.321 e. The predicted octanol–water partition coefficient (Wildman–Crippen LogP) is 2.99. The van der Waals surface area contributed by atoms with E-state index in [9.17, 15) is 15.4 Å². The maximum absolute atomic E-state index is 11.1. The van der Waals surface area contributed by atoms with Gasteiger partial charge in [0, 0.05) is 37.0 Å². The number of rotatable bonds is 4. The zero-order valence-corrected chi connectivity index (χ0v) is 15.0. The van der Waals surface area contributed by atoms with Crippen LogP contribution < -0.4 is 5.32 Å². The van der Waals surface area contributed by atoms with Crippen molar-refractivity contribution in [3.05, 3.63) is 64.2 Å². The van der Waals surface area contributed by atoms with E-state index in [-0.39, 0.29) is 11.3 Å². The van der Waals surface area contributed by atoms with Crippen LogP contribution in [-0.4, -0.2) is 29.2 Å². The molecule has 0 amide bonds. The third-order valence-corrected chi connectivity index (χ3v) is 4.28. The highest BCUT2D eigenvalue weighted by Gasteiger charge is 2.16. The van der Waals surface area contributed by atoms with Crippen LogP contribution in [0.15, 0.2) is 43.0 Å². The number of anilines is 2. The van der Waals surface area contributed by atoms with Gasteiger partial charge in [0.1, 0.15) is 11.6 Å². The van der Waals surface area contributed by atoms with Crippen molar-refractivity contribution in [2.24, 2.45) is 7.05 Å². The van der Waals surface area contributed by atoms with Crippen LogP contribution in [0, 0.1) is 28.4 Å². The summed E-state index contributed by atoms with van der Waals surface area (Å²) in [6, 6.07) is 6.69. The highest BCUT2D eigenvalue weighted by molar-refractivity contribution is 5.87. The standard InChI is InChI=1S/C18H14N8O2/c1-11-9-25(16-4-3-14(26(27)28)5-15(11)16)17-12(6-19)7-20-18(23-17)22-13-8-21-24(2)10-13/h3-5,7-10H,1-2H3,(H,20,22,23). The molecule has 10 heteroatoms. The largest absolute Gasteiger partial charge is 0.321 e. The molecule has 4 rings (SSSR count). The Bertz CT molecular complexity index is 1260. The van der Waals surface area contributed by atoms with Crippen LogP contribution in [-0.2, 0) is 7.05 Å². The number of fused-ring (bicyclic) bond motifs is 1. The molecule has 0 aliphatic carbocycles. The Morgan fingerprint density at radius 2 is 2.11 bits per heavy atom. The van der Waals surface area contributed by atoms with E-state index in [0.717, 1.165) is 10.9 Å². The minimum atomic E-state index is -0.433. The van der Waals surface area contributed by atoms with Crippen molar-refractivity contribution in [1.82, 2.24) is 24.3 Å². The molecule has 0 spiro atoms. The second kappa shape index (κ2) is 6.48. The van der Waals surface area contributed by atoms with Crippen LogP contribution in [0.3, 0.4) is 0 Å². The lowest BCUT2D eigenvalue weighted by Crippen LogP contribution is -2.05.